The van der Waals surface area contributed by atoms with Crippen molar-refractivity contribution in [1.29, 1.82) is 0 Å². The number of anilines is 2. The lowest BCUT2D eigenvalue weighted by atomic mass is 9.64. The van der Waals surface area contributed by atoms with Crippen molar-refractivity contribution >= 4 is 34.9 Å². The van der Waals surface area contributed by atoms with Crippen LogP contribution in [-0.2, 0) is 15.0 Å². The minimum absolute atomic E-state index is 0.223. The van der Waals surface area contributed by atoms with E-state index in [1.165, 1.54) is 19.1 Å². The molecule has 0 aromatic heterocycles. The first-order valence-electron chi connectivity index (χ1n) is 11.2. The van der Waals surface area contributed by atoms with Crippen molar-refractivity contribution in [1.82, 2.24) is 0 Å². The zero-order valence-corrected chi connectivity index (χ0v) is 18.4. The lowest BCUT2D eigenvalue weighted by Crippen LogP contribution is -2.51. The minimum atomic E-state index is -1.32. The van der Waals surface area contributed by atoms with Crippen LogP contribution in [0.1, 0.15) is 28.4 Å². The number of nitrogens with zero attached hydrogens (tertiary/aromatic N) is 1. The van der Waals surface area contributed by atoms with Gasteiger partial charge in [-0.3, -0.25) is 14.4 Å². The van der Waals surface area contributed by atoms with Gasteiger partial charge in [-0.05, 0) is 36.8 Å². The molecule has 1 amide bonds. The van der Waals surface area contributed by atoms with Crippen LogP contribution in [0.2, 0.25) is 0 Å². The van der Waals surface area contributed by atoms with Crippen molar-refractivity contribution in [3.8, 4) is 0 Å². The van der Waals surface area contributed by atoms with E-state index in [-0.39, 0.29) is 17.5 Å². The number of nitrogens with one attached hydrogen (secondary N) is 1. The van der Waals surface area contributed by atoms with Gasteiger partial charge >= 0.3 is 0 Å². The molecule has 3 aromatic rings. The van der Waals surface area contributed by atoms with Crippen LogP contribution in [0.15, 0.2) is 78.9 Å². The number of halogens is 1. The standard InChI is InChI=1S/C28H21FN2O3/c1-16(32)25-24(26(33)17-7-3-2-4-8-17)28(20-9-5-6-10-21(20)30-27(28)34)23-14-11-18-15-19(29)12-13-22(18)31(23)25/h2-15,23-25H,1H3,(H,30,34). The van der Waals surface area contributed by atoms with E-state index in [2.05, 4.69) is 5.32 Å². The number of carbonyl (C=O) groups excluding carboxylic acids is 3. The van der Waals surface area contributed by atoms with E-state index in [1.807, 2.05) is 41.3 Å². The molecule has 1 spiro atoms. The number of para-hydroxylation sites is 1. The summed E-state index contributed by atoms with van der Waals surface area (Å²) < 4.78 is 14.0. The second kappa shape index (κ2) is 7.22. The fourth-order valence-corrected chi connectivity index (χ4v) is 6.09. The Bertz CT molecular complexity index is 1400. The summed E-state index contributed by atoms with van der Waals surface area (Å²) in [6.07, 6.45) is 3.61. The molecule has 3 aromatic carbocycles. The molecule has 3 heterocycles. The van der Waals surface area contributed by atoms with Crippen molar-refractivity contribution in [3.05, 3.63) is 101 Å². The predicted octanol–water partition coefficient (Wildman–Crippen LogP) is 4.39. The van der Waals surface area contributed by atoms with Crippen LogP contribution in [0.25, 0.3) is 6.08 Å². The van der Waals surface area contributed by atoms with E-state index < -0.39 is 29.2 Å². The maximum Gasteiger partial charge on any atom is 0.238 e. The summed E-state index contributed by atoms with van der Waals surface area (Å²) in [4.78, 5) is 43.2. The van der Waals surface area contributed by atoms with Gasteiger partial charge < -0.3 is 10.2 Å². The van der Waals surface area contributed by atoms with Crippen LogP contribution < -0.4 is 10.2 Å². The molecule has 0 bridgehead atoms. The lowest BCUT2D eigenvalue weighted by Gasteiger charge is -2.37. The van der Waals surface area contributed by atoms with Crippen LogP contribution >= 0.6 is 0 Å². The third-order valence-corrected chi connectivity index (χ3v) is 7.35. The van der Waals surface area contributed by atoms with Gasteiger partial charge in [0.1, 0.15) is 11.2 Å². The van der Waals surface area contributed by atoms with E-state index in [9.17, 15) is 18.8 Å². The summed E-state index contributed by atoms with van der Waals surface area (Å²) in [5.41, 5.74) is 1.70. The van der Waals surface area contributed by atoms with Crippen molar-refractivity contribution in [2.24, 2.45) is 5.92 Å². The molecule has 0 aliphatic carbocycles. The third kappa shape index (κ3) is 2.56. The Morgan fingerprint density at radius 3 is 2.50 bits per heavy atom. The number of benzene rings is 3. The molecule has 3 aliphatic heterocycles. The Morgan fingerprint density at radius 2 is 1.74 bits per heavy atom. The van der Waals surface area contributed by atoms with Gasteiger partial charge in [0.25, 0.3) is 0 Å². The van der Waals surface area contributed by atoms with Gasteiger partial charge in [0.15, 0.2) is 11.6 Å². The minimum Gasteiger partial charge on any atom is -0.352 e. The lowest BCUT2D eigenvalue weighted by molar-refractivity contribution is -0.122. The maximum atomic E-state index is 14.1. The number of ketones is 2. The molecule has 1 N–H and O–H groups in total. The smallest absolute Gasteiger partial charge is 0.238 e. The van der Waals surface area contributed by atoms with E-state index in [1.54, 1.807) is 36.4 Å². The number of fused-ring (bicyclic) bond motifs is 6. The topological polar surface area (TPSA) is 66.5 Å². The molecule has 0 radical (unpaired) electrons. The Labute approximate surface area is 195 Å². The molecule has 4 atom stereocenters. The van der Waals surface area contributed by atoms with Gasteiger partial charge in [-0.25, -0.2) is 4.39 Å². The van der Waals surface area contributed by atoms with E-state index in [0.717, 1.165) is 0 Å². The number of hydrogen-bond donors (Lipinski definition) is 1. The molecule has 1 saturated heterocycles. The Kier molecular flexibility index (Phi) is 4.36. The van der Waals surface area contributed by atoms with Crippen LogP contribution in [0, 0.1) is 11.7 Å². The normalized spacial score (nSPS) is 26.1. The highest BCUT2D eigenvalue weighted by molar-refractivity contribution is 6.16. The summed E-state index contributed by atoms with van der Waals surface area (Å²) >= 11 is 0. The van der Waals surface area contributed by atoms with Gasteiger partial charge in [0.2, 0.25) is 5.91 Å². The largest absolute Gasteiger partial charge is 0.352 e. The van der Waals surface area contributed by atoms with Crippen LogP contribution in [0.4, 0.5) is 15.8 Å². The van der Waals surface area contributed by atoms with Crippen molar-refractivity contribution in [2.75, 3.05) is 10.2 Å². The second-order valence-corrected chi connectivity index (χ2v) is 9.05. The van der Waals surface area contributed by atoms with E-state index >= 15 is 0 Å². The summed E-state index contributed by atoms with van der Waals surface area (Å²) in [6, 6.07) is 19.0. The monoisotopic (exact) mass is 452 g/mol. The molecule has 0 saturated carbocycles. The van der Waals surface area contributed by atoms with Crippen molar-refractivity contribution in [3.63, 3.8) is 0 Å². The summed E-state index contributed by atoms with van der Waals surface area (Å²) in [6.45, 7) is 1.45. The summed E-state index contributed by atoms with van der Waals surface area (Å²) in [7, 11) is 0. The molecule has 6 heteroatoms. The third-order valence-electron chi connectivity index (χ3n) is 7.35. The second-order valence-electron chi connectivity index (χ2n) is 9.05. The van der Waals surface area contributed by atoms with Crippen molar-refractivity contribution < 1.29 is 18.8 Å². The molecule has 5 nitrogen and oxygen atoms in total. The fourth-order valence-electron chi connectivity index (χ4n) is 6.09. The zero-order valence-electron chi connectivity index (χ0n) is 18.4. The zero-order chi connectivity index (χ0) is 23.6. The molecule has 34 heavy (non-hydrogen) atoms. The van der Waals surface area contributed by atoms with Gasteiger partial charge in [-0.1, -0.05) is 60.7 Å². The molecular formula is C28H21FN2O3. The number of hydrogen-bond acceptors (Lipinski definition) is 4. The number of rotatable bonds is 3. The van der Waals surface area contributed by atoms with E-state index in [4.69, 9.17) is 0 Å². The first-order valence-corrected chi connectivity index (χ1v) is 11.2. The SMILES string of the molecule is CC(=O)C1C(C(=O)c2ccccc2)C2(C(=O)Nc3ccccc32)C2C=Cc3cc(F)ccc3N12. The van der Waals surface area contributed by atoms with Crippen LogP contribution in [0.3, 0.4) is 0 Å². The van der Waals surface area contributed by atoms with Gasteiger partial charge in [0.05, 0.1) is 18.0 Å². The Morgan fingerprint density at radius 1 is 1.00 bits per heavy atom. The maximum absolute atomic E-state index is 14.1. The molecule has 1 fully saturated rings. The number of amides is 1. The molecule has 3 aliphatic rings. The summed E-state index contributed by atoms with van der Waals surface area (Å²) in [5, 5.41) is 2.97. The molecule has 6 rings (SSSR count). The summed E-state index contributed by atoms with van der Waals surface area (Å²) in [5.74, 6) is -2.16. The van der Waals surface area contributed by atoms with Gasteiger partial charge in [0, 0.05) is 22.5 Å². The van der Waals surface area contributed by atoms with E-state index in [0.29, 0.717) is 28.1 Å². The average Bonchev–Trinajstić information content (AvgIpc) is 3.32. The van der Waals surface area contributed by atoms with Gasteiger partial charge in [-0.15, -0.1) is 0 Å². The number of carbonyl (C=O) groups is 3. The first kappa shape index (κ1) is 20.5. The molecular weight excluding hydrogens is 431 g/mol. The highest BCUT2D eigenvalue weighted by atomic mass is 19.1. The highest BCUT2D eigenvalue weighted by Gasteiger charge is 2.69. The fraction of sp³-hybridized carbons (Fsp3) is 0.179. The number of Topliss-reactive ketones (excluding diaryl/α,β-unsaturated/α-hetero) is 2. The average molecular weight is 452 g/mol. The molecule has 168 valence electrons. The van der Waals surface area contributed by atoms with Crippen molar-refractivity contribution in [2.45, 2.75) is 24.4 Å². The van der Waals surface area contributed by atoms with Gasteiger partial charge in [-0.2, -0.15) is 0 Å². The molecule has 4 unspecified atom stereocenters. The quantitative estimate of drug-likeness (QED) is 0.599. The Balaban J connectivity index is 1.67. The Hall–Kier alpha value is -4.06. The first-order chi connectivity index (χ1) is 16.4. The highest BCUT2D eigenvalue weighted by Crippen LogP contribution is 2.57. The van der Waals surface area contributed by atoms with Crippen LogP contribution in [0.5, 0.6) is 0 Å². The van der Waals surface area contributed by atoms with Crippen LogP contribution in [-0.4, -0.2) is 29.6 Å². The predicted molar refractivity (Wildman–Crippen MR) is 127 cm³/mol.